The van der Waals surface area contributed by atoms with E-state index in [1.807, 2.05) is 0 Å². The van der Waals surface area contributed by atoms with E-state index in [0.717, 1.165) is 0 Å². The van der Waals surface area contributed by atoms with Crippen molar-refractivity contribution in [2.24, 2.45) is 0 Å². The number of rotatable bonds is 5. The number of hydrogen-bond donors (Lipinski definition) is 3. The lowest BCUT2D eigenvalue weighted by atomic mass is 10.1. The van der Waals surface area contributed by atoms with E-state index < -0.39 is 18.0 Å². The summed E-state index contributed by atoms with van der Waals surface area (Å²) < 4.78 is 5.20. The molecule has 7 heteroatoms. The van der Waals surface area contributed by atoms with Crippen LogP contribution in [-0.4, -0.2) is 22.1 Å². The zero-order valence-corrected chi connectivity index (χ0v) is 11.4. The van der Waals surface area contributed by atoms with Gasteiger partial charge in [0.25, 0.3) is 0 Å². The molecule has 110 valence electrons. The fraction of sp³-hybridized carbons (Fsp3) is 0.214. The van der Waals surface area contributed by atoms with Gasteiger partial charge in [0, 0.05) is 0 Å². The zero-order chi connectivity index (χ0) is 15.2. The molecule has 1 aromatic carbocycles. The van der Waals surface area contributed by atoms with Crippen molar-refractivity contribution < 1.29 is 19.1 Å². The van der Waals surface area contributed by atoms with Gasteiger partial charge in [0.15, 0.2) is 6.04 Å². The number of hydrogen-bond acceptors (Lipinski definition) is 4. The van der Waals surface area contributed by atoms with Gasteiger partial charge in [-0.3, -0.25) is 0 Å². The Morgan fingerprint density at radius 2 is 2.05 bits per heavy atom. The van der Waals surface area contributed by atoms with Crippen LogP contribution < -0.4 is 10.6 Å². The van der Waals surface area contributed by atoms with Crippen molar-refractivity contribution in [3.05, 3.63) is 53.7 Å². The summed E-state index contributed by atoms with van der Waals surface area (Å²) >= 11 is 0. The van der Waals surface area contributed by atoms with Crippen molar-refractivity contribution >= 4 is 12.0 Å². The molecule has 1 aromatic heterocycles. The fourth-order valence-electron chi connectivity index (χ4n) is 1.75. The van der Waals surface area contributed by atoms with Crippen LogP contribution in [0.4, 0.5) is 4.79 Å². The topological polar surface area (TPSA) is 104 Å². The first-order chi connectivity index (χ1) is 10.1. The minimum absolute atomic E-state index is 0.0841. The van der Waals surface area contributed by atoms with Gasteiger partial charge < -0.3 is 20.2 Å². The van der Waals surface area contributed by atoms with Crippen molar-refractivity contribution in [2.45, 2.75) is 19.5 Å². The van der Waals surface area contributed by atoms with Gasteiger partial charge in [-0.1, -0.05) is 30.3 Å². The summed E-state index contributed by atoms with van der Waals surface area (Å²) in [4.78, 5) is 26.9. The van der Waals surface area contributed by atoms with Gasteiger partial charge in [0.05, 0.1) is 12.7 Å². The highest BCUT2D eigenvalue weighted by Gasteiger charge is 2.21. The number of benzene rings is 1. The van der Waals surface area contributed by atoms with Gasteiger partial charge in [-0.15, -0.1) is 0 Å². The van der Waals surface area contributed by atoms with E-state index in [9.17, 15) is 14.7 Å². The molecule has 0 bridgehead atoms. The zero-order valence-electron chi connectivity index (χ0n) is 11.4. The maximum atomic E-state index is 11.8. The Morgan fingerprint density at radius 1 is 1.33 bits per heavy atom. The van der Waals surface area contributed by atoms with Crippen LogP contribution in [0.15, 0.2) is 40.9 Å². The van der Waals surface area contributed by atoms with E-state index in [4.69, 9.17) is 4.42 Å². The Hall–Kier alpha value is -2.83. The molecule has 0 aliphatic rings. The van der Waals surface area contributed by atoms with Crippen LogP contribution in [0.3, 0.4) is 0 Å². The average molecular weight is 289 g/mol. The summed E-state index contributed by atoms with van der Waals surface area (Å²) in [5.41, 5.74) is 0.493. The van der Waals surface area contributed by atoms with Crippen LogP contribution >= 0.6 is 0 Å². The lowest BCUT2D eigenvalue weighted by Gasteiger charge is -2.15. The van der Waals surface area contributed by atoms with Crippen molar-refractivity contribution in [1.29, 1.82) is 0 Å². The molecule has 3 N–H and O–H groups in total. The summed E-state index contributed by atoms with van der Waals surface area (Å²) in [6.45, 7) is 1.83. The second-order valence-electron chi connectivity index (χ2n) is 4.37. The van der Waals surface area contributed by atoms with E-state index in [1.165, 1.54) is 0 Å². The molecule has 0 fully saturated rings. The average Bonchev–Trinajstić information content (AvgIpc) is 2.89. The normalized spacial score (nSPS) is 11.7. The van der Waals surface area contributed by atoms with E-state index in [1.54, 1.807) is 43.5 Å². The van der Waals surface area contributed by atoms with Crippen molar-refractivity contribution in [1.82, 2.24) is 15.6 Å². The molecule has 1 unspecified atom stereocenters. The maximum Gasteiger partial charge on any atom is 0.330 e. The number of aryl methyl sites for hydroxylation is 1. The lowest BCUT2D eigenvalue weighted by molar-refractivity contribution is -0.139. The number of carbonyl (C=O) groups is 2. The molecule has 0 spiro atoms. The smallest absolute Gasteiger partial charge is 0.330 e. The van der Waals surface area contributed by atoms with Crippen molar-refractivity contribution in [3.63, 3.8) is 0 Å². The molecule has 2 rings (SSSR count). The van der Waals surface area contributed by atoms with E-state index in [0.29, 0.717) is 17.2 Å². The molecule has 0 saturated carbocycles. The second-order valence-corrected chi connectivity index (χ2v) is 4.37. The molecule has 1 heterocycles. The quantitative estimate of drug-likeness (QED) is 0.775. The monoisotopic (exact) mass is 289 g/mol. The van der Waals surface area contributed by atoms with Crippen LogP contribution in [0.5, 0.6) is 0 Å². The van der Waals surface area contributed by atoms with E-state index in [2.05, 4.69) is 15.6 Å². The predicted molar refractivity (Wildman–Crippen MR) is 73.4 cm³/mol. The predicted octanol–water partition coefficient (Wildman–Crippen LogP) is 1.61. The van der Waals surface area contributed by atoms with Gasteiger partial charge in [-0.25, -0.2) is 14.6 Å². The molecule has 21 heavy (non-hydrogen) atoms. The third-order valence-corrected chi connectivity index (χ3v) is 2.72. The third kappa shape index (κ3) is 4.07. The first-order valence-corrected chi connectivity index (χ1v) is 6.29. The van der Waals surface area contributed by atoms with Crippen LogP contribution in [-0.2, 0) is 11.3 Å². The number of amides is 2. The summed E-state index contributed by atoms with van der Waals surface area (Å²) in [5, 5.41) is 14.1. The van der Waals surface area contributed by atoms with Gasteiger partial charge in [-0.05, 0) is 12.5 Å². The van der Waals surface area contributed by atoms with Gasteiger partial charge >= 0.3 is 12.0 Å². The minimum atomic E-state index is -1.14. The standard InChI is InChI=1S/C14H15N3O4/c1-9-7-15-11(21-9)8-16-14(20)17-12(13(18)19)10-5-3-2-4-6-10/h2-7,12H,8H2,1H3,(H,18,19)(H2,16,17,20). The molecule has 1 atom stereocenters. The summed E-state index contributed by atoms with van der Waals surface area (Å²) in [5.74, 6) is -0.141. The fourth-order valence-corrected chi connectivity index (χ4v) is 1.75. The molecule has 0 aliphatic heterocycles. The highest BCUT2D eigenvalue weighted by atomic mass is 16.4. The second kappa shape index (κ2) is 6.56. The van der Waals surface area contributed by atoms with Gasteiger partial charge in [0.1, 0.15) is 5.76 Å². The molecule has 2 amide bonds. The first-order valence-electron chi connectivity index (χ1n) is 6.29. The number of aromatic nitrogens is 1. The lowest BCUT2D eigenvalue weighted by Crippen LogP contribution is -2.40. The summed E-state index contributed by atoms with van der Waals surface area (Å²) in [7, 11) is 0. The summed E-state index contributed by atoms with van der Waals surface area (Å²) in [6, 6.07) is 6.74. The number of carbonyl (C=O) groups excluding carboxylic acids is 1. The van der Waals surface area contributed by atoms with E-state index in [-0.39, 0.29) is 6.54 Å². The van der Waals surface area contributed by atoms with Crippen molar-refractivity contribution in [3.8, 4) is 0 Å². The number of aliphatic carboxylic acids is 1. The molecule has 7 nitrogen and oxygen atoms in total. The largest absolute Gasteiger partial charge is 0.479 e. The molecular formula is C14H15N3O4. The van der Waals surface area contributed by atoms with Gasteiger partial charge in [-0.2, -0.15) is 0 Å². The van der Waals surface area contributed by atoms with Crippen LogP contribution in [0.25, 0.3) is 0 Å². The van der Waals surface area contributed by atoms with Crippen LogP contribution in [0, 0.1) is 6.92 Å². The Bertz CT molecular complexity index is 624. The Morgan fingerprint density at radius 3 is 2.62 bits per heavy atom. The highest BCUT2D eigenvalue weighted by Crippen LogP contribution is 2.12. The number of carboxylic acids is 1. The Kier molecular flexibility index (Phi) is 4.55. The highest BCUT2D eigenvalue weighted by molar-refractivity contribution is 5.83. The molecule has 0 aliphatic carbocycles. The number of nitrogens with zero attached hydrogens (tertiary/aromatic N) is 1. The number of nitrogens with one attached hydrogen (secondary N) is 2. The first kappa shape index (κ1) is 14.6. The van der Waals surface area contributed by atoms with Gasteiger partial charge in [0.2, 0.25) is 5.89 Å². The third-order valence-electron chi connectivity index (χ3n) is 2.72. The Balaban J connectivity index is 1.94. The molecule has 0 saturated heterocycles. The van der Waals surface area contributed by atoms with Crippen molar-refractivity contribution in [2.75, 3.05) is 0 Å². The minimum Gasteiger partial charge on any atom is -0.479 e. The van der Waals surface area contributed by atoms with E-state index >= 15 is 0 Å². The number of oxazole rings is 1. The molecule has 0 radical (unpaired) electrons. The SMILES string of the molecule is Cc1cnc(CNC(=O)NC(C(=O)O)c2ccccc2)o1. The Labute approximate surface area is 121 Å². The molecule has 2 aromatic rings. The van der Waals surface area contributed by atoms with Crippen LogP contribution in [0.2, 0.25) is 0 Å². The number of carboxylic acid groups (broad SMARTS) is 1. The number of urea groups is 1. The molecular weight excluding hydrogens is 274 g/mol. The maximum absolute atomic E-state index is 11.8. The van der Waals surface area contributed by atoms with Crippen LogP contribution in [0.1, 0.15) is 23.3 Å². The summed E-state index contributed by atoms with van der Waals surface area (Å²) in [6.07, 6.45) is 1.54.